The number of hydrogen-bond donors (Lipinski definition) is 2. The van der Waals surface area contributed by atoms with Crippen LogP contribution in [0.15, 0.2) is 37.2 Å². The van der Waals surface area contributed by atoms with Gasteiger partial charge in [-0.3, -0.25) is 9.97 Å². The van der Waals surface area contributed by atoms with Crippen LogP contribution >= 0.6 is 0 Å². The molecule has 19 heavy (non-hydrogen) atoms. The minimum atomic E-state index is -0.0662. The van der Waals surface area contributed by atoms with E-state index in [-0.39, 0.29) is 6.17 Å². The Hall–Kier alpha value is -2.36. The van der Waals surface area contributed by atoms with E-state index in [1.54, 1.807) is 0 Å². The highest BCUT2D eigenvalue weighted by Gasteiger charge is 2.23. The van der Waals surface area contributed by atoms with Crippen LogP contribution in [-0.2, 0) is 0 Å². The van der Waals surface area contributed by atoms with E-state index in [1.165, 1.54) is 0 Å². The van der Waals surface area contributed by atoms with Crippen molar-refractivity contribution in [3.8, 4) is 0 Å². The van der Waals surface area contributed by atoms with Crippen LogP contribution in [0.25, 0.3) is 5.70 Å². The number of aromatic nitrogens is 2. The molecule has 1 aliphatic heterocycles. The molecule has 1 atom stereocenters. The van der Waals surface area contributed by atoms with Crippen molar-refractivity contribution in [2.24, 2.45) is 0 Å². The lowest BCUT2D eigenvalue weighted by Gasteiger charge is -2.31. The van der Waals surface area contributed by atoms with Crippen LogP contribution in [0, 0.1) is 13.8 Å². The standard InChI is InChI=1S/C15H16N4/c1-9-7-16-8-13-14(9)11(3)18-15(19-13)12-6-4-5-10(2)17-12/h4-8,15,18-19H,3H2,1-2H3. The van der Waals surface area contributed by atoms with E-state index in [4.69, 9.17) is 0 Å². The summed E-state index contributed by atoms with van der Waals surface area (Å²) < 4.78 is 0. The Morgan fingerprint density at radius 1 is 1.16 bits per heavy atom. The molecular weight excluding hydrogens is 236 g/mol. The summed E-state index contributed by atoms with van der Waals surface area (Å²) in [6.07, 6.45) is 3.61. The van der Waals surface area contributed by atoms with E-state index in [1.807, 2.05) is 44.4 Å². The van der Waals surface area contributed by atoms with E-state index < -0.39 is 0 Å². The third-order valence-corrected chi connectivity index (χ3v) is 3.26. The van der Waals surface area contributed by atoms with E-state index in [9.17, 15) is 0 Å². The quantitative estimate of drug-likeness (QED) is 0.819. The Morgan fingerprint density at radius 3 is 2.79 bits per heavy atom. The van der Waals surface area contributed by atoms with Gasteiger partial charge in [0.05, 0.1) is 17.6 Å². The van der Waals surface area contributed by atoms with Crippen LogP contribution < -0.4 is 10.6 Å². The second-order valence-corrected chi connectivity index (χ2v) is 4.78. The fourth-order valence-corrected chi connectivity index (χ4v) is 2.39. The van der Waals surface area contributed by atoms with Crippen molar-refractivity contribution in [1.82, 2.24) is 15.3 Å². The van der Waals surface area contributed by atoms with Gasteiger partial charge >= 0.3 is 0 Å². The van der Waals surface area contributed by atoms with Gasteiger partial charge in [0.25, 0.3) is 0 Å². The highest BCUT2D eigenvalue weighted by Crippen LogP contribution is 2.32. The zero-order valence-electron chi connectivity index (χ0n) is 11.1. The third-order valence-electron chi connectivity index (χ3n) is 3.26. The maximum atomic E-state index is 4.54. The largest absolute Gasteiger partial charge is 0.360 e. The van der Waals surface area contributed by atoms with Gasteiger partial charge in [0, 0.05) is 23.2 Å². The highest BCUT2D eigenvalue weighted by molar-refractivity contribution is 5.78. The van der Waals surface area contributed by atoms with E-state index in [0.717, 1.165) is 33.9 Å². The molecule has 0 amide bonds. The molecule has 0 spiro atoms. The summed E-state index contributed by atoms with van der Waals surface area (Å²) in [6.45, 7) is 8.13. The van der Waals surface area contributed by atoms with E-state index in [0.29, 0.717) is 0 Å². The summed E-state index contributed by atoms with van der Waals surface area (Å²) in [6, 6.07) is 5.99. The van der Waals surface area contributed by atoms with Gasteiger partial charge in [-0.25, -0.2) is 0 Å². The van der Waals surface area contributed by atoms with Crippen LogP contribution in [-0.4, -0.2) is 9.97 Å². The minimum absolute atomic E-state index is 0.0662. The fraction of sp³-hybridized carbons (Fsp3) is 0.200. The zero-order chi connectivity index (χ0) is 13.4. The molecule has 2 aromatic heterocycles. The SMILES string of the molecule is C=C1NC(c2cccc(C)n2)Nc2cncc(C)c21. The van der Waals surface area contributed by atoms with Gasteiger partial charge in [0.2, 0.25) is 0 Å². The first-order valence-electron chi connectivity index (χ1n) is 6.25. The van der Waals surface area contributed by atoms with Gasteiger partial charge in [-0.2, -0.15) is 0 Å². The van der Waals surface area contributed by atoms with Crippen LogP contribution in [0.4, 0.5) is 5.69 Å². The van der Waals surface area contributed by atoms with Crippen molar-refractivity contribution in [2.45, 2.75) is 20.0 Å². The maximum absolute atomic E-state index is 4.54. The topological polar surface area (TPSA) is 49.8 Å². The number of rotatable bonds is 1. The molecule has 0 fully saturated rings. The second-order valence-electron chi connectivity index (χ2n) is 4.78. The molecule has 0 bridgehead atoms. The molecule has 0 saturated carbocycles. The monoisotopic (exact) mass is 252 g/mol. The predicted molar refractivity (Wildman–Crippen MR) is 76.5 cm³/mol. The second kappa shape index (κ2) is 4.39. The summed E-state index contributed by atoms with van der Waals surface area (Å²) in [5.74, 6) is 0. The summed E-state index contributed by atoms with van der Waals surface area (Å²) in [4.78, 5) is 8.77. The lowest BCUT2D eigenvalue weighted by atomic mass is 10.0. The van der Waals surface area contributed by atoms with Crippen molar-refractivity contribution in [3.63, 3.8) is 0 Å². The number of anilines is 1. The Morgan fingerprint density at radius 2 is 2.00 bits per heavy atom. The minimum Gasteiger partial charge on any atom is -0.360 e. The van der Waals surface area contributed by atoms with Crippen molar-refractivity contribution >= 4 is 11.4 Å². The van der Waals surface area contributed by atoms with Gasteiger partial charge in [-0.1, -0.05) is 12.6 Å². The van der Waals surface area contributed by atoms with Gasteiger partial charge in [0.1, 0.15) is 6.17 Å². The number of hydrogen-bond acceptors (Lipinski definition) is 4. The molecule has 96 valence electrons. The predicted octanol–water partition coefficient (Wildman–Crippen LogP) is 2.78. The summed E-state index contributed by atoms with van der Waals surface area (Å²) in [5.41, 5.74) is 6.06. The van der Waals surface area contributed by atoms with Gasteiger partial charge in [-0.15, -0.1) is 0 Å². The number of pyridine rings is 2. The van der Waals surface area contributed by atoms with E-state index in [2.05, 4.69) is 27.2 Å². The van der Waals surface area contributed by atoms with E-state index >= 15 is 0 Å². The summed E-state index contributed by atoms with van der Waals surface area (Å²) in [5, 5.41) is 6.78. The molecule has 1 unspecified atom stereocenters. The van der Waals surface area contributed by atoms with Crippen molar-refractivity contribution in [1.29, 1.82) is 0 Å². The summed E-state index contributed by atoms with van der Waals surface area (Å²) >= 11 is 0. The smallest absolute Gasteiger partial charge is 0.141 e. The molecule has 3 rings (SSSR count). The molecular formula is C15H16N4. The Labute approximate surface area is 112 Å². The van der Waals surface area contributed by atoms with Crippen molar-refractivity contribution < 1.29 is 0 Å². The molecule has 3 heterocycles. The molecule has 0 radical (unpaired) electrons. The first kappa shape index (κ1) is 11.7. The van der Waals surface area contributed by atoms with Crippen LogP contribution in [0.1, 0.15) is 28.7 Å². The van der Waals surface area contributed by atoms with Crippen LogP contribution in [0.5, 0.6) is 0 Å². The van der Waals surface area contributed by atoms with Gasteiger partial charge < -0.3 is 10.6 Å². The molecule has 1 aliphatic rings. The molecule has 2 N–H and O–H groups in total. The molecule has 0 saturated heterocycles. The Bertz CT molecular complexity index is 648. The average molecular weight is 252 g/mol. The lowest BCUT2D eigenvalue weighted by molar-refractivity contribution is 0.676. The highest BCUT2D eigenvalue weighted by atomic mass is 15.2. The van der Waals surface area contributed by atoms with Crippen LogP contribution in [0.2, 0.25) is 0 Å². The van der Waals surface area contributed by atoms with Gasteiger partial charge in [0.15, 0.2) is 0 Å². The Kier molecular flexibility index (Phi) is 2.71. The number of aryl methyl sites for hydroxylation is 2. The molecule has 2 aromatic rings. The van der Waals surface area contributed by atoms with Gasteiger partial charge in [-0.05, 0) is 31.5 Å². The Balaban J connectivity index is 2.00. The first-order valence-corrected chi connectivity index (χ1v) is 6.25. The molecule has 0 aromatic carbocycles. The number of fused-ring (bicyclic) bond motifs is 1. The lowest BCUT2D eigenvalue weighted by Crippen LogP contribution is -2.32. The van der Waals surface area contributed by atoms with Crippen molar-refractivity contribution in [3.05, 3.63) is 59.7 Å². The van der Waals surface area contributed by atoms with Crippen LogP contribution in [0.3, 0.4) is 0 Å². The summed E-state index contributed by atoms with van der Waals surface area (Å²) in [7, 11) is 0. The third kappa shape index (κ3) is 2.05. The fourth-order valence-electron chi connectivity index (χ4n) is 2.39. The molecule has 0 aliphatic carbocycles. The zero-order valence-corrected chi connectivity index (χ0v) is 11.1. The molecule has 4 nitrogen and oxygen atoms in total. The van der Waals surface area contributed by atoms with Crippen molar-refractivity contribution in [2.75, 3.05) is 5.32 Å². The molecule has 4 heteroatoms. The maximum Gasteiger partial charge on any atom is 0.141 e. The first-order chi connectivity index (χ1) is 9.15. The average Bonchev–Trinajstić information content (AvgIpc) is 2.38. The number of nitrogens with zero attached hydrogens (tertiary/aromatic N) is 2. The number of nitrogens with one attached hydrogen (secondary N) is 2. The normalized spacial score (nSPS) is 17.4.